The third-order valence-corrected chi connectivity index (χ3v) is 5.44. The van der Waals surface area contributed by atoms with Crippen molar-refractivity contribution in [1.29, 1.82) is 0 Å². The molecule has 1 aromatic rings. The number of hydrogen-bond donors (Lipinski definition) is 1. The summed E-state index contributed by atoms with van der Waals surface area (Å²) in [5.74, 6) is 0. The molecular weight excluding hydrogens is 361 g/mol. The van der Waals surface area contributed by atoms with Gasteiger partial charge in [-0.15, -0.1) is 0 Å². The first-order valence-corrected chi connectivity index (χ1v) is 8.51. The van der Waals surface area contributed by atoms with Crippen LogP contribution in [0.25, 0.3) is 0 Å². The van der Waals surface area contributed by atoms with E-state index in [1.165, 1.54) is 12.1 Å². The number of halogens is 3. The molecule has 0 spiro atoms. The summed E-state index contributed by atoms with van der Waals surface area (Å²) in [6.45, 7) is 3.84. The van der Waals surface area contributed by atoms with Gasteiger partial charge in [0.2, 0.25) is 10.0 Å². The molecule has 0 unspecified atom stereocenters. The lowest BCUT2D eigenvalue weighted by Gasteiger charge is -2.16. The van der Waals surface area contributed by atoms with Crippen LogP contribution in [-0.4, -0.2) is 14.5 Å². The van der Waals surface area contributed by atoms with Crippen LogP contribution >= 0.6 is 39.1 Å². The van der Waals surface area contributed by atoms with E-state index < -0.39 is 10.0 Å². The van der Waals surface area contributed by atoms with Crippen LogP contribution in [0.1, 0.15) is 26.7 Å². The van der Waals surface area contributed by atoms with Gasteiger partial charge in [-0.1, -0.05) is 53.0 Å². The molecule has 0 aliphatic rings. The van der Waals surface area contributed by atoms with E-state index in [1.807, 2.05) is 13.8 Å². The summed E-state index contributed by atoms with van der Waals surface area (Å²) in [6.07, 6.45) is 1.42. The van der Waals surface area contributed by atoms with Crippen molar-refractivity contribution in [2.45, 2.75) is 37.6 Å². The van der Waals surface area contributed by atoms with Gasteiger partial charge in [0.1, 0.15) is 4.90 Å². The van der Waals surface area contributed by atoms with Gasteiger partial charge in [0.25, 0.3) is 0 Å². The minimum atomic E-state index is -3.70. The highest BCUT2D eigenvalue weighted by Crippen LogP contribution is 2.32. The fourth-order valence-corrected chi connectivity index (χ4v) is 4.86. The average molecular weight is 375 g/mol. The molecule has 0 saturated heterocycles. The van der Waals surface area contributed by atoms with Crippen molar-refractivity contribution in [2.75, 3.05) is 0 Å². The molecule has 0 fully saturated rings. The number of hydrogen-bond acceptors (Lipinski definition) is 2. The molecule has 18 heavy (non-hydrogen) atoms. The van der Waals surface area contributed by atoms with E-state index in [-0.39, 0.29) is 21.0 Å². The van der Waals surface area contributed by atoms with E-state index in [9.17, 15) is 8.42 Å². The highest BCUT2D eigenvalue weighted by Gasteiger charge is 2.24. The topological polar surface area (TPSA) is 46.2 Å². The molecule has 1 aromatic carbocycles. The lowest BCUT2D eigenvalue weighted by Crippen LogP contribution is -2.34. The average Bonchev–Trinajstić information content (AvgIpc) is 2.23. The molecule has 0 aliphatic carbocycles. The maximum atomic E-state index is 12.2. The van der Waals surface area contributed by atoms with E-state index in [4.69, 9.17) is 23.2 Å². The van der Waals surface area contributed by atoms with E-state index in [1.54, 1.807) is 0 Å². The Morgan fingerprint density at radius 2 is 1.67 bits per heavy atom. The zero-order valence-electron chi connectivity index (χ0n) is 10.0. The number of rotatable bonds is 5. The maximum absolute atomic E-state index is 12.2. The van der Waals surface area contributed by atoms with Gasteiger partial charge in [0.15, 0.2) is 0 Å². The summed E-state index contributed by atoms with van der Waals surface area (Å²) in [4.78, 5) is -0.0686. The Labute approximate surface area is 126 Å². The van der Waals surface area contributed by atoms with Crippen LogP contribution in [0.5, 0.6) is 0 Å². The Balaban J connectivity index is 3.21. The predicted molar refractivity (Wildman–Crippen MR) is 78.9 cm³/mol. The molecule has 0 amide bonds. The summed E-state index contributed by atoms with van der Waals surface area (Å²) >= 11 is 15.1. The zero-order chi connectivity index (χ0) is 13.9. The van der Waals surface area contributed by atoms with E-state index in [2.05, 4.69) is 20.7 Å². The third-order valence-electron chi connectivity index (χ3n) is 2.54. The minimum Gasteiger partial charge on any atom is -0.208 e. The van der Waals surface area contributed by atoms with Crippen molar-refractivity contribution in [3.63, 3.8) is 0 Å². The Hall–Kier alpha value is 0.190. The molecule has 0 bridgehead atoms. The van der Waals surface area contributed by atoms with Crippen molar-refractivity contribution < 1.29 is 8.42 Å². The van der Waals surface area contributed by atoms with Crippen molar-refractivity contribution in [2.24, 2.45) is 0 Å². The van der Waals surface area contributed by atoms with Gasteiger partial charge in [-0.3, -0.25) is 0 Å². The minimum absolute atomic E-state index is 0.0686. The monoisotopic (exact) mass is 373 g/mol. The van der Waals surface area contributed by atoms with Crippen LogP contribution in [-0.2, 0) is 10.0 Å². The van der Waals surface area contributed by atoms with Gasteiger partial charge < -0.3 is 0 Å². The summed E-state index contributed by atoms with van der Waals surface area (Å²) in [7, 11) is -3.70. The van der Waals surface area contributed by atoms with Crippen molar-refractivity contribution >= 4 is 49.2 Å². The summed E-state index contributed by atoms with van der Waals surface area (Å²) < 4.78 is 27.7. The summed E-state index contributed by atoms with van der Waals surface area (Å²) in [5, 5.41) is 0.209. The highest BCUT2D eigenvalue weighted by molar-refractivity contribution is 9.10. The van der Waals surface area contributed by atoms with Gasteiger partial charge in [0.05, 0.1) is 10.0 Å². The molecule has 1 rings (SSSR count). The fourth-order valence-electron chi connectivity index (χ4n) is 1.52. The molecule has 0 radical (unpaired) electrons. The second kappa shape index (κ2) is 6.57. The molecule has 7 heteroatoms. The van der Waals surface area contributed by atoms with E-state index >= 15 is 0 Å². The SMILES string of the molecule is CCC(CC)NS(=O)(=O)c1c(Cl)cc(Br)cc1Cl. The van der Waals surface area contributed by atoms with Gasteiger partial charge in [0, 0.05) is 10.5 Å². The van der Waals surface area contributed by atoms with Crippen LogP contribution < -0.4 is 4.72 Å². The lowest BCUT2D eigenvalue weighted by molar-refractivity contribution is 0.530. The summed E-state index contributed by atoms with van der Waals surface area (Å²) in [6, 6.07) is 2.90. The van der Waals surface area contributed by atoms with Gasteiger partial charge in [-0.25, -0.2) is 13.1 Å². The number of nitrogens with one attached hydrogen (secondary N) is 1. The Kier molecular flexibility index (Phi) is 5.93. The number of benzene rings is 1. The Morgan fingerprint density at radius 3 is 2.06 bits per heavy atom. The molecule has 1 N–H and O–H groups in total. The molecule has 3 nitrogen and oxygen atoms in total. The molecule has 0 aliphatic heterocycles. The predicted octanol–water partition coefficient (Wildman–Crippen LogP) is 4.22. The van der Waals surface area contributed by atoms with Crippen LogP contribution in [0.4, 0.5) is 0 Å². The molecule has 0 heterocycles. The highest BCUT2D eigenvalue weighted by atomic mass is 79.9. The first-order chi connectivity index (χ1) is 8.31. The molecular formula is C11H14BrCl2NO2S. The first kappa shape index (κ1) is 16.2. The maximum Gasteiger partial charge on any atom is 0.243 e. The first-order valence-electron chi connectivity index (χ1n) is 5.48. The lowest BCUT2D eigenvalue weighted by atomic mass is 10.2. The Bertz CT molecular complexity index is 507. The van der Waals surface area contributed by atoms with Crippen molar-refractivity contribution in [3.05, 3.63) is 26.7 Å². The van der Waals surface area contributed by atoms with Crippen molar-refractivity contribution in [3.8, 4) is 0 Å². The van der Waals surface area contributed by atoms with Crippen molar-refractivity contribution in [1.82, 2.24) is 4.72 Å². The third kappa shape index (κ3) is 3.84. The molecule has 0 saturated carbocycles. The van der Waals surface area contributed by atoms with Crippen LogP contribution in [0.3, 0.4) is 0 Å². The summed E-state index contributed by atoms with van der Waals surface area (Å²) in [5.41, 5.74) is 0. The second-order valence-corrected chi connectivity index (χ2v) is 7.21. The van der Waals surface area contributed by atoms with Gasteiger partial charge in [-0.2, -0.15) is 0 Å². The molecule has 0 atom stereocenters. The van der Waals surface area contributed by atoms with Crippen LogP contribution in [0.2, 0.25) is 10.0 Å². The molecule has 0 aromatic heterocycles. The Morgan fingerprint density at radius 1 is 1.22 bits per heavy atom. The normalized spacial score (nSPS) is 12.1. The number of sulfonamides is 1. The van der Waals surface area contributed by atoms with Gasteiger partial charge in [-0.05, 0) is 25.0 Å². The van der Waals surface area contributed by atoms with Crippen LogP contribution in [0.15, 0.2) is 21.5 Å². The molecule has 102 valence electrons. The van der Waals surface area contributed by atoms with E-state index in [0.29, 0.717) is 17.3 Å². The standard InChI is InChI=1S/C11H14BrCl2NO2S/c1-3-8(4-2)15-18(16,17)11-9(13)5-7(12)6-10(11)14/h5-6,8,15H,3-4H2,1-2H3. The largest absolute Gasteiger partial charge is 0.243 e. The quantitative estimate of drug-likeness (QED) is 0.838. The second-order valence-electron chi connectivity index (χ2n) is 3.83. The zero-order valence-corrected chi connectivity index (χ0v) is 13.9. The van der Waals surface area contributed by atoms with E-state index in [0.717, 1.165) is 0 Å². The smallest absolute Gasteiger partial charge is 0.208 e. The fraction of sp³-hybridized carbons (Fsp3) is 0.455. The van der Waals surface area contributed by atoms with Gasteiger partial charge >= 0.3 is 0 Å². The van der Waals surface area contributed by atoms with Crippen LogP contribution in [0, 0.1) is 0 Å².